The van der Waals surface area contributed by atoms with Gasteiger partial charge in [-0.05, 0) is 58.2 Å². The molecule has 1 aromatic carbocycles. The van der Waals surface area contributed by atoms with Gasteiger partial charge in [-0.25, -0.2) is 4.79 Å². The van der Waals surface area contributed by atoms with E-state index >= 15 is 0 Å². The van der Waals surface area contributed by atoms with E-state index in [0.29, 0.717) is 10.6 Å². The third-order valence-corrected chi connectivity index (χ3v) is 3.46. The molecule has 2 N–H and O–H groups in total. The molecular formula is C17H25ClN2O3. The van der Waals surface area contributed by atoms with Gasteiger partial charge in [0, 0.05) is 13.1 Å². The first-order valence-electron chi connectivity index (χ1n) is 7.64. The molecule has 6 heteroatoms. The van der Waals surface area contributed by atoms with Gasteiger partial charge < -0.3 is 15.4 Å². The number of aryl methyl sites for hydroxylation is 1. The highest BCUT2D eigenvalue weighted by atomic mass is 35.5. The Morgan fingerprint density at radius 1 is 1.22 bits per heavy atom. The minimum absolute atomic E-state index is 0.167. The Hall–Kier alpha value is -1.75. The van der Waals surface area contributed by atoms with Crippen molar-refractivity contribution in [2.24, 2.45) is 5.73 Å². The van der Waals surface area contributed by atoms with Gasteiger partial charge in [-0.2, -0.15) is 0 Å². The fraction of sp³-hybridized carbons (Fsp3) is 0.529. The summed E-state index contributed by atoms with van der Waals surface area (Å²) in [6, 6.07) is 5.13. The summed E-state index contributed by atoms with van der Waals surface area (Å²) in [5.74, 6) is -0.491. The summed E-state index contributed by atoms with van der Waals surface area (Å²) in [6.45, 7) is 9.28. The highest BCUT2D eigenvalue weighted by molar-refractivity contribution is 6.33. The summed E-state index contributed by atoms with van der Waals surface area (Å²) in [6.07, 6.45) is 2.05. The van der Waals surface area contributed by atoms with Crippen LogP contribution in [-0.2, 0) is 4.74 Å². The first-order chi connectivity index (χ1) is 10.6. The molecule has 1 heterocycles. The van der Waals surface area contributed by atoms with Crippen molar-refractivity contribution in [3.8, 4) is 0 Å². The molecule has 1 saturated heterocycles. The number of benzene rings is 1. The van der Waals surface area contributed by atoms with Crippen LogP contribution < -0.4 is 5.73 Å². The number of halogens is 1. The van der Waals surface area contributed by atoms with Gasteiger partial charge in [-0.15, -0.1) is 0 Å². The molecule has 1 aliphatic rings. The van der Waals surface area contributed by atoms with E-state index in [1.165, 1.54) is 0 Å². The van der Waals surface area contributed by atoms with E-state index in [1.807, 2.05) is 27.7 Å². The van der Waals surface area contributed by atoms with Gasteiger partial charge in [-0.3, -0.25) is 4.79 Å². The lowest BCUT2D eigenvalue weighted by Crippen LogP contribution is -2.34. The zero-order valence-corrected chi connectivity index (χ0v) is 14.9. The van der Waals surface area contributed by atoms with Gasteiger partial charge in [0.1, 0.15) is 5.60 Å². The van der Waals surface area contributed by atoms with Crippen LogP contribution in [0.2, 0.25) is 5.02 Å². The van der Waals surface area contributed by atoms with E-state index in [2.05, 4.69) is 0 Å². The van der Waals surface area contributed by atoms with Crippen molar-refractivity contribution in [1.29, 1.82) is 0 Å². The van der Waals surface area contributed by atoms with E-state index in [0.717, 1.165) is 31.5 Å². The average Bonchev–Trinajstić information content (AvgIpc) is 2.90. The molecule has 128 valence electrons. The number of likely N-dealkylation sites (tertiary alicyclic amines) is 1. The highest BCUT2D eigenvalue weighted by Crippen LogP contribution is 2.16. The SMILES string of the molecule is CC(C)(C)OC(=O)N1CCCC1.Cc1ccc(C(N)=O)c(Cl)c1. The summed E-state index contributed by atoms with van der Waals surface area (Å²) < 4.78 is 5.21. The van der Waals surface area contributed by atoms with Gasteiger partial charge in [0.2, 0.25) is 5.91 Å². The second-order valence-corrected chi connectivity index (χ2v) is 6.93. The Bertz CT molecular complexity index is 561. The Morgan fingerprint density at radius 2 is 1.78 bits per heavy atom. The molecule has 0 spiro atoms. The summed E-state index contributed by atoms with van der Waals surface area (Å²) in [5.41, 5.74) is 6.07. The fourth-order valence-corrected chi connectivity index (χ4v) is 2.37. The summed E-state index contributed by atoms with van der Waals surface area (Å²) in [5, 5.41) is 0.414. The van der Waals surface area contributed by atoms with Gasteiger partial charge in [0.15, 0.2) is 0 Å². The summed E-state index contributed by atoms with van der Waals surface area (Å²) in [7, 11) is 0. The van der Waals surface area contributed by atoms with E-state index in [4.69, 9.17) is 22.1 Å². The van der Waals surface area contributed by atoms with Gasteiger partial charge >= 0.3 is 6.09 Å². The largest absolute Gasteiger partial charge is 0.444 e. The van der Waals surface area contributed by atoms with Gasteiger partial charge in [0.05, 0.1) is 10.6 Å². The maximum atomic E-state index is 11.4. The number of nitrogens with zero attached hydrogens (tertiary/aromatic N) is 1. The monoisotopic (exact) mass is 340 g/mol. The fourth-order valence-electron chi connectivity index (χ4n) is 2.05. The number of hydrogen-bond acceptors (Lipinski definition) is 3. The molecule has 0 unspecified atom stereocenters. The normalized spacial score (nSPS) is 14.0. The Balaban J connectivity index is 0.000000231. The second kappa shape index (κ2) is 8.20. The standard InChI is InChI=1S/C9H17NO2.C8H8ClNO/c1-9(2,3)12-8(11)10-6-4-5-7-10;1-5-2-3-6(8(10)11)7(9)4-5/h4-7H2,1-3H3;2-4H,1H3,(H2,10,11). The van der Waals surface area contributed by atoms with Crippen LogP contribution in [0.1, 0.15) is 49.5 Å². The first kappa shape index (κ1) is 19.3. The van der Waals surface area contributed by atoms with Crippen LogP contribution in [0.15, 0.2) is 18.2 Å². The molecule has 1 fully saturated rings. The maximum Gasteiger partial charge on any atom is 0.410 e. The summed E-state index contributed by atoms with van der Waals surface area (Å²) >= 11 is 5.72. The number of rotatable bonds is 1. The van der Waals surface area contributed by atoms with Crippen molar-refractivity contribution < 1.29 is 14.3 Å². The lowest BCUT2D eigenvalue weighted by atomic mass is 10.1. The van der Waals surface area contributed by atoms with Gasteiger partial charge in [0.25, 0.3) is 0 Å². The molecule has 0 saturated carbocycles. The maximum absolute atomic E-state index is 11.4. The van der Waals surface area contributed by atoms with Crippen LogP contribution in [0.3, 0.4) is 0 Å². The minimum Gasteiger partial charge on any atom is -0.444 e. The number of nitrogens with two attached hydrogens (primary N) is 1. The van der Waals surface area contributed by atoms with E-state index in [1.54, 1.807) is 23.1 Å². The zero-order valence-electron chi connectivity index (χ0n) is 14.2. The second-order valence-electron chi connectivity index (χ2n) is 6.52. The van der Waals surface area contributed by atoms with Crippen LogP contribution in [0.5, 0.6) is 0 Å². The topological polar surface area (TPSA) is 72.6 Å². The van der Waals surface area contributed by atoms with Crippen LogP contribution in [0.25, 0.3) is 0 Å². The van der Waals surface area contributed by atoms with Crippen LogP contribution >= 0.6 is 11.6 Å². The van der Waals surface area contributed by atoms with Crippen molar-refractivity contribution in [2.45, 2.75) is 46.1 Å². The van der Waals surface area contributed by atoms with E-state index in [9.17, 15) is 9.59 Å². The van der Waals surface area contributed by atoms with Crippen molar-refractivity contribution in [3.63, 3.8) is 0 Å². The molecule has 0 bridgehead atoms. The zero-order chi connectivity index (χ0) is 17.6. The van der Waals surface area contributed by atoms with Crippen molar-refractivity contribution in [2.75, 3.05) is 13.1 Å². The molecule has 0 radical (unpaired) electrons. The van der Waals surface area contributed by atoms with Crippen molar-refractivity contribution in [1.82, 2.24) is 4.90 Å². The third kappa shape index (κ3) is 6.91. The number of amides is 2. The van der Waals surface area contributed by atoms with E-state index in [-0.39, 0.29) is 11.7 Å². The number of ether oxygens (including phenoxy) is 1. The average molecular weight is 341 g/mol. The molecule has 5 nitrogen and oxygen atoms in total. The van der Waals surface area contributed by atoms with E-state index < -0.39 is 5.91 Å². The van der Waals surface area contributed by atoms with Crippen molar-refractivity contribution >= 4 is 23.6 Å². The predicted molar refractivity (Wildman–Crippen MR) is 91.7 cm³/mol. The molecule has 2 rings (SSSR count). The smallest absolute Gasteiger partial charge is 0.410 e. The minimum atomic E-state index is -0.491. The third-order valence-electron chi connectivity index (χ3n) is 3.15. The number of primary amides is 1. The quantitative estimate of drug-likeness (QED) is 0.845. The Morgan fingerprint density at radius 3 is 2.22 bits per heavy atom. The Kier molecular flexibility index (Phi) is 6.88. The highest BCUT2D eigenvalue weighted by Gasteiger charge is 2.23. The van der Waals surface area contributed by atoms with Crippen LogP contribution in [0, 0.1) is 6.92 Å². The lowest BCUT2D eigenvalue weighted by molar-refractivity contribution is 0.0295. The first-order valence-corrected chi connectivity index (χ1v) is 8.02. The molecule has 0 aromatic heterocycles. The number of hydrogen-bond donors (Lipinski definition) is 1. The van der Waals surface area contributed by atoms with Crippen LogP contribution in [-0.4, -0.2) is 35.6 Å². The summed E-state index contributed by atoms with van der Waals surface area (Å²) in [4.78, 5) is 23.8. The molecular weight excluding hydrogens is 316 g/mol. The Labute approximate surface area is 142 Å². The number of carbonyl (C=O) groups excluding carboxylic acids is 2. The molecule has 1 aliphatic heterocycles. The molecule has 0 atom stereocenters. The molecule has 1 aromatic rings. The predicted octanol–water partition coefficient (Wildman–Crippen LogP) is 3.76. The van der Waals surface area contributed by atoms with Crippen LogP contribution in [0.4, 0.5) is 4.79 Å². The number of carbonyl (C=O) groups is 2. The lowest BCUT2D eigenvalue weighted by Gasteiger charge is -2.23. The molecule has 0 aliphatic carbocycles. The molecule has 23 heavy (non-hydrogen) atoms. The van der Waals surface area contributed by atoms with Gasteiger partial charge in [-0.1, -0.05) is 17.7 Å². The van der Waals surface area contributed by atoms with Crippen molar-refractivity contribution in [3.05, 3.63) is 34.3 Å². The molecule has 2 amide bonds.